The maximum atomic E-state index is 14.1. The van der Waals surface area contributed by atoms with Gasteiger partial charge in [0.15, 0.2) is 0 Å². The van der Waals surface area contributed by atoms with Gasteiger partial charge in [0.1, 0.15) is 6.04 Å². The highest BCUT2D eigenvalue weighted by Crippen LogP contribution is 2.28. The second-order valence-corrected chi connectivity index (χ2v) is 15.5. The summed E-state index contributed by atoms with van der Waals surface area (Å²) in [6.45, 7) is 9.02. The first-order valence-corrected chi connectivity index (χ1v) is 20.2. The molecule has 3 aromatic carbocycles. The van der Waals surface area contributed by atoms with Gasteiger partial charge < -0.3 is 36.6 Å². The van der Waals surface area contributed by atoms with E-state index in [4.69, 9.17) is 9.90 Å². The number of carboxylic acid groups (broad SMARTS) is 1. The van der Waals surface area contributed by atoms with Crippen LogP contribution in [0.25, 0.3) is 0 Å². The lowest BCUT2D eigenvalue weighted by Crippen LogP contribution is -2.56. The number of anilines is 1. The smallest absolute Gasteiger partial charge is 0.475 e. The van der Waals surface area contributed by atoms with E-state index >= 15 is 0 Å². The third-order valence-electron chi connectivity index (χ3n) is 10.2. The van der Waals surface area contributed by atoms with Crippen LogP contribution < -0.4 is 31.5 Å². The molecule has 13 nitrogen and oxygen atoms in total. The summed E-state index contributed by atoms with van der Waals surface area (Å²) in [5.74, 6) is -3.59. The number of amides is 5. The molecular formula is C44H55F3N6O7. The Labute approximate surface area is 348 Å². The van der Waals surface area contributed by atoms with Crippen molar-refractivity contribution in [2.45, 2.75) is 96.6 Å². The van der Waals surface area contributed by atoms with Crippen molar-refractivity contribution in [2.75, 3.05) is 24.5 Å². The number of carbonyl (C=O) groups excluding carboxylic acids is 5. The van der Waals surface area contributed by atoms with Crippen LogP contribution in [0, 0.1) is 11.8 Å². The highest BCUT2D eigenvalue weighted by atomic mass is 19.4. The average Bonchev–Trinajstić information content (AvgIpc) is 3.96. The normalized spacial score (nSPS) is 15.8. The Morgan fingerprint density at radius 3 is 1.93 bits per heavy atom. The Morgan fingerprint density at radius 1 is 0.833 bits per heavy atom. The van der Waals surface area contributed by atoms with E-state index in [2.05, 4.69) is 26.6 Å². The molecule has 324 valence electrons. The largest absolute Gasteiger partial charge is 0.490 e. The Kier molecular flexibility index (Phi) is 17.2. The predicted molar refractivity (Wildman–Crippen MR) is 220 cm³/mol. The summed E-state index contributed by atoms with van der Waals surface area (Å²) in [4.78, 5) is 77.4. The lowest BCUT2D eigenvalue weighted by molar-refractivity contribution is -0.192. The van der Waals surface area contributed by atoms with Gasteiger partial charge in [-0.2, -0.15) is 13.2 Å². The van der Waals surface area contributed by atoms with Crippen LogP contribution >= 0.6 is 0 Å². The van der Waals surface area contributed by atoms with Crippen LogP contribution in [0.4, 0.5) is 18.9 Å². The van der Waals surface area contributed by atoms with Crippen LogP contribution in [0.15, 0.2) is 78.9 Å². The molecule has 0 bridgehead atoms. The minimum atomic E-state index is -5.08. The van der Waals surface area contributed by atoms with Crippen molar-refractivity contribution in [3.05, 3.63) is 101 Å². The molecule has 60 heavy (non-hydrogen) atoms. The van der Waals surface area contributed by atoms with Crippen LogP contribution in [0.1, 0.15) is 97.7 Å². The molecular weight excluding hydrogens is 782 g/mol. The van der Waals surface area contributed by atoms with Crippen molar-refractivity contribution < 1.29 is 47.0 Å². The zero-order chi connectivity index (χ0) is 44.0. The third kappa shape index (κ3) is 14.5. The summed E-state index contributed by atoms with van der Waals surface area (Å²) in [5.41, 5.74) is 2.96. The fraction of sp³-hybridized carbons (Fsp3) is 0.455. The number of carboxylic acids is 1. The van der Waals surface area contributed by atoms with Gasteiger partial charge in [-0.1, -0.05) is 81.4 Å². The quantitative estimate of drug-likeness (QED) is 0.0995. The number of hydrogen-bond donors (Lipinski definition) is 6. The van der Waals surface area contributed by atoms with Gasteiger partial charge in [-0.05, 0) is 80.2 Å². The number of benzene rings is 3. The first-order valence-electron chi connectivity index (χ1n) is 20.2. The lowest BCUT2D eigenvalue weighted by Gasteiger charge is -2.27. The van der Waals surface area contributed by atoms with Gasteiger partial charge in [0.2, 0.25) is 17.7 Å². The van der Waals surface area contributed by atoms with Crippen molar-refractivity contribution in [2.24, 2.45) is 11.8 Å². The van der Waals surface area contributed by atoms with Crippen molar-refractivity contribution in [3.8, 4) is 0 Å². The first-order chi connectivity index (χ1) is 28.5. The summed E-state index contributed by atoms with van der Waals surface area (Å²) >= 11 is 0. The minimum Gasteiger partial charge on any atom is -0.475 e. The van der Waals surface area contributed by atoms with E-state index in [0.717, 1.165) is 24.0 Å². The molecule has 4 atom stereocenters. The van der Waals surface area contributed by atoms with Crippen molar-refractivity contribution in [1.29, 1.82) is 0 Å². The number of rotatable bonds is 18. The van der Waals surface area contributed by atoms with Crippen LogP contribution in [0.5, 0.6) is 0 Å². The van der Waals surface area contributed by atoms with E-state index in [1.165, 1.54) is 0 Å². The molecule has 2 aliphatic rings. The predicted octanol–water partition coefficient (Wildman–Crippen LogP) is 5.31. The van der Waals surface area contributed by atoms with Gasteiger partial charge in [-0.3, -0.25) is 24.0 Å². The molecule has 3 aromatic rings. The Bertz CT molecular complexity index is 1940. The fourth-order valence-electron chi connectivity index (χ4n) is 6.57. The number of nitrogens with one attached hydrogen (secondary N) is 5. The number of alkyl halides is 3. The summed E-state index contributed by atoms with van der Waals surface area (Å²) in [6.07, 6.45) is -0.795. The number of carbonyl (C=O) groups is 6. The molecule has 0 spiro atoms. The molecule has 1 saturated heterocycles. The second kappa shape index (κ2) is 22.0. The number of aliphatic carboxylic acids is 1. The molecule has 0 unspecified atom stereocenters. The Hall–Kier alpha value is -5.77. The summed E-state index contributed by atoms with van der Waals surface area (Å²) in [5, 5.41) is 22.6. The van der Waals surface area contributed by atoms with Gasteiger partial charge in [0.25, 0.3) is 11.8 Å². The molecule has 0 aromatic heterocycles. The van der Waals surface area contributed by atoms with Crippen molar-refractivity contribution >= 4 is 41.2 Å². The zero-order valence-corrected chi connectivity index (χ0v) is 34.3. The summed E-state index contributed by atoms with van der Waals surface area (Å²) in [7, 11) is 0. The standard InChI is InChI=1S/C42H54N6O5.C2HF3O2/c1-5-36(41(52)47-38(27(2)3)42(53)44-25-30-18-19-30)43-26-34(21-29-13-8-6-9-14-29)46-40(51)33-22-32(23-35(24-33)48-20-12-17-37(48)49)39(50)45-28(4)31-15-10-7-11-16-31;3-2(4,5)1(6)7/h6-11,13-16,22-24,27-28,30,34,36,38,43H,5,12,17-21,25-26H2,1-4H3,(H,44,53)(H,45,50)(H,46,51)(H,47,52);(H,6,7)/t28-,34+,36+,38+;/m1./s1. The molecule has 16 heteroatoms. The summed E-state index contributed by atoms with van der Waals surface area (Å²) < 4.78 is 31.7. The fourth-order valence-corrected chi connectivity index (χ4v) is 6.57. The number of halogens is 3. The highest BCUT2D eigenvalue weighted by molar-refractivity contribution is 6.04. The average molecular weight is 837 g/mol. The van der Waals surface area contributed by atoms with E-state index in [0.29, 0.717) is 50.4 Å². The van der Waals surface area contributed by atoms with Crippen LogP contribution in [0.2, 0.25) is 0 Å². The van der Waals surface area contributed by atoms with Gasteiger partial charge in [0, 0.05) is 48.9 Å². The third-order valence-corrected chi connectivity index (χ3v) is 10.2. The number of nitrogens with zero attached hydrogens (tertiary/aromatic N) is 1. The molecule has 5 rings (SSSR count). The molecule has 1 aliphatic heterocycles. The molecule has 6 N–H and O–H groups in total. The SMILES string of the molecule is CC[C@H](NC[C@H](Cc1ccccc1)NC(=O)c1cc(C(=O)N[C@H](C)c2ccccc2)cc(N2CCCC2=O)c1)C(=O)N[C@H](C(=O)NCC1CC1)C(C)C.O=C(O)C(F)(F)F. The van der Waals surface area contributed by atoms with E-state index in [1.54, 1.807) is 23.1 Å². The first kappa shape index (κ1) is 46.9. The van der Waals surface area contributed by atoms with Crippen LogP contribution in [0.3, 0.4) is 0 Å². The maximum Gasteiger partial charge on any atom is 0.490 e. The molecule has 0 radical (unpaired) electrons. The molecule has 1 aliphatic carbocycles. The van der Waals surface area contributed by atoms with Gasteiger partial charge in [0.05, 0.1) is 12.1 Å². The molecule has 5 amide bonds. The van der Waals surface area contributed by atoms with Crippen LogP contribution in [-0.4, -0.2) is 84.5 Å². The highest BCUT2D eigenvalue weighted by Gasteiger charge is 2.38. The topological polar surface area (TPSA) is 186 Å². The minimum absolute atomic E-state index is 0.0540. The van der Waals surface area contributed by atoms with E-state index < -0.39 is 36.2 Å². The van der Waals surface area contributed by atoms with E-state index in [-0.39, 0.29) is 53.3 Å². The van der Waals surface area contributed by atoms with Crippen molar-refractivity contribution in [3.63, 3.8) is 0 Å². The van der Waals surface area contributed by atoms with Gasteiger partial charge in [-0.25, -0.2) is 4.79 Å². The van der Waals surface area contributed by atoms with Crippen molar-refractivity contribution in [1.82, 2.24) is 26.6 Å². The van der Waals surface area contributed by atoms with Crippen LogP contribution in [-0.2, 0) is 25.6 Å². The summed E-state index contributed by atoms with van der Waals surface area (Å²) in [6, 6.07) is 22.3. The lowest BCUT2D eigenvalue weighted by atomic mass is 10.0. The molecule has 1 heterocycles. The molecule has 1 saturated carbocycles. The second-order valence-electron chi connectivity index (χ2n) is 15.5. The molecule has 2 fully saturated rings. The van der Waals surface area contributed by atoms with E-state index in [1.807, 2.05) is 88.4 Å². The van der Waals surface area contributed by atoms with Gasteiger partial charge in [-0.15, -0.1) is 0 Å². The van der Waals surface area contributed by atoms with E-state index in [9.17, 15) is 37.1 Å². The number of hydrogen-bond acceptors (Lipinski definition) is 7. The monoisotopic (exact) mass is 836 g/mol. The van der Waals surface area contributed by atoms with Gasteiger partial charge >= 0.3 is 12.1 Å². The zero-order valence-electron chi connectivity index (χ0n) is 34.3. The Morgan fingerprint density at radius 2 is 1.42 bits per heavy atom. The Balaban J connectivity index is 0.00000104. The maximum absolute atomic E-state index is 14.1.